The average Bonchev–Trinajstić information content (AvgIpc) is 3.78. The Morgan fingerprint density at radius 3 is 1.87 bits per heavy atom. The van der Waals surface area contributed by atoms with Crippen LogP contribution in [0.3, 0.4) is 0 Å². The fourth-order valence-corrected chi connectivity index (χ4v) is 7.92. The predicted octanol–water partition coefficient (Wildman–Crippen LogP) is 11.7. The first-order valence-electron chi connectivity index (χ1n) is 16.4. The Balaban J connectivity index is 1.39. The van der Waals surface area contributed by atoms with Crippen molar-refractivity contribution in [3.05, 3.63) is 164 Å². The second kappa shape index (κ2) is 10.2. The quantitative estimate of drug-likeness (QED) is 0.191. The molecule has 0 aliphatic heterocycles. The normalized spacial score (nSPS) is 13.4. The lowest BCUT2D eigenvalue weighted by atomic mass is 10.1. The smallest absolute Gasteiger partial charge is 0.0804 e. The van der Waals surface area contributed by atoms with Gasteiger partial charge in [0, 0.05) is 38.6 Å². The Labute approximate surface area is 272 Å². The highest BCUT2D eigenvalue weighted by molar-refractivity contribution is 6.29. The van der Waals surface area contributed by atoms with Crippen LogP contribution in [0, 0.1) is 0 Å². The van der Waals surface area contributed by atoms with Crippen LogP contribution in [-0.2, 0) is 0 Å². The van der Waals surface area contributed by atoms with Crippen molar-refractivity contribution in [2.24, 2.45) is 0 Å². The van der Waals surface area contributed by atoms with Gasteiger partial charge in [0.25, 0.3) is 0 Å². The molecule has 0 radical (unpaired) electrons. The van der Waals surface area contributed by atoms with E-state index in [0.717, 1.165) is 12.8 Å². The van der Waals surface area contributed by atoms with Gasteiger partial charge in [0.2, 0.25) is 0 Å². The van der Waals surface area contributed by atoms with Gasteiger partial charge in [-0.1, -0.05) is 109 Å². The third-order valence-corrected chi connectivity index (χ3v) is 9.87. The molecule has 1 aliphatic carbocycles. The summed E-state index contributed by atoms with van der Waals surface area (Å²) in [6.45, 7) is 0. The van der Waals surface area contributed by atoms with Crippen LogP contribution in [0.1, 0.15) is 12.8 Å². The van der Waals surface area contributed by atoms with E-state index in [1.165, 1.54) is 82.8 Å². The second-order valence-electron chi connectivity index (χ2n) is 12.5. The molecule has 0 N–H and O–H groups in total. The maximum atomic E-state index is 2.59. The van der Waals surface area contributed by atoms with Gasteiger partial charge in [0.15, 0.2) is 0 Å². The molecule has 3 heteroatoms. The minimum Gasteiger partial charge on any atom is -0.310 e. The minimum atomic E-state index is 0.994. The molecular weight excluding hydrogens is 571 g/mol. The largest absolute Gasteiger partial charge is 0.310 e. The van der Waals surface area contributed by atoms with Crippen LogP contribution >= 0.6 is 0 Å². The SMILES string of the molecule is C1=CCCC(n2c3c(ccc4c3c3ccccc3n4-c3cccc(-c4ccccc4)c3)c3c2c2ccccc2n3-c2ccccc2)=C1. The lowest BCUT2D eigenvalue weighted by Crippen LogP contribution is -1.99. The number of para-hydroxylation sites is 3. The predicted molar refractivity (Wildman–Crippen MR) is 199 cm³/mol. The zero-order chi connectivity index (χ0) is 30.9. The van der Waals surface area contributed by atoms with E-state index >= 15 is 0 Å². The van der Waals surface area contributed by atoms with Gasteiger partial charge in [0.05, 0.1) is 33.1 Å². The molecule has 10 rings (SSSR count). The van der Waals surface area contributed by atoms with Crippen LogP contribution in [-0.4, -0.2) is 13.7 Å². The highest BCUT2D eigenvalue weighted by Crippen LogP contribution is 2.46. The lowest BCUT2D eigenvalue weighted by Gasteiger charge is -2.15. The Morgan fingerprint density at radius 1 is 0.426 bits per heavy atom. The third kappa shape index (κ3) is 3.80. The number of hydrogen-bond acceptors (Lipinski definition) is 0. The van der Waals surface area contributed by atoms with Crippen molar-refractivity contribution >= 4 is 60.3 Å². The van der Waals surface area contributed by atoms with Crippen LogP contribution in [0.25, 0.3) is 82.8 Å². The van der Waals surface area contributed by atoms with Crippen molar-refractivity contribution in [3.8, 4) is 22.5 Å². The van der Waals surface area contributed by atoms with Gasteiger partial charge in [-0.2, -0.15) is 0 Å². The molecule has 0 saturated carbocycles. The number of hydrogen-bond donors (Lipinski definition) is 0. The van der Waals surface area contributed by atoms with Crippen molar-refractivity contribution in [1.29, 1.82) is 0 Å². The Hall–Kier alpha value is -6.06. The molecule has 0 amide bonds. The van der Waals surface area contributed by atoms with E-state index in [1.54, 1.807) is 0 Å². The summed E-state index contributed by atoms with van der Waals surface area (Å²) in [7, 11) is 0. The van der Waals surface area contributed by atoms with E-state index in [1.807, 2.05) is 0 Å². The van der Waals surface area contributed by atoms with Gasteiger partial charge in [-0.3, -0.25) is 0 Å². The molecule has 9 aromatic rings. The number of rotatable bonds is 4. The van der Waals surface area contributed by atoms with E-state index < -0.39 is 0 Å². The highest BCUT2D eigenvalue weighted by Gasteiger charge is 2.26. The summed E-state index contributed by atoms with van der Waals surface area (Å²) in [6, 6.07) is 53.0. The maximum Gasteiger partial charge on any atom is 0.0804 e. The summed E-state index contributed by atoms with van der Waals surface area (Å²) in [5, 5.41) is 5.09. The zero-order valence-electron chi connectivity index (χ0n) is 25.8. The summed E-state index contributed by atoms with van der Waals surface area (Å²) in [5.74, 6) is 0. The molecule has 6 aromatic carbocycles. The first kappa shape index (κ1) is 26.2. The fraction of sp³-hybridized carbons (Fsp3) is 0.0455. The third-order valence-electron chi connectivity index (χ3n) is 9.87. The van der Waals surface area contributed by atoms with Gasteiger partial charge < -0.3 is 13.7 Å². The van der Waals surface area contributed by atoms with Crippen LogP contribution in [0.15, 0.2) is 164 Å². The summed E-state index contributed by atoms with van der Waals surface area (Å²) in [5.41, 5.74) is 13.6. The van der Waals surface area contributed by atoms with Crippen molar-refractivity contribution < 1.29 is 0 Å². The van der Waals surface area contributed by atoms with E-state index in [2.05, 4.69) is 178 Å². The molecule has 3 aromatic heterocycles. The molecule has 47 heavy (non-hydrogen) atoms. The van der Waals surface area contributed by atoms with Crippen LogP contribution in [0.4, 0.5) is 0 Å². The van der Waals surface area contributed by atoms with E-state index in [9.17, 15) is 0 Å². The summed E-state index contributed by atoms with van der Waals surface area (Å²) in [4.78, 5) is 0. The average molecular weight is 602 g/mol. The highest BCUT2D eigenvalue weighted by atomic mass is 15.1. The lowest BCUT2D eigenvalue weighted by molar-refractivity contribution is 0.982. The molecule has 0 unspecified atom stereocenters. The first-order chi connectivity index (χ1) is 23.4. The zero-order valence-corrected chi connectivity index (χ0v) is 25.8. The first-order valence-corrected chi connectivity index (χ1v) is 16.4. The topological polar surface area (TPSA) is 14.8 Å². The van der Waals surface area contributed by atoms with Gasteiger partial charge in [-0.15, -0.1) is 0 Å². The van der Waals surface area contributed by atoms with Crippen LogP contribution in [0.5, 0.6) is 0 Å². The van der Waals surface area contributed by atoms with Crippen LogP contribution in [0.2, 0.25) is 0 Å². The van der Waals surface area contributed by atoms with E-state index in [-0.39, 0.29) is 0 Å². The molecule has 0 spiro atoms. The molecule has 0 bridgehead atoms. The van der Waals surface area contributed by atoms with E-state index in [0.29, 0.717) is 0 Å². The Morgan fingerprint density at radius 2 is 1.09 bits per heavy atom. The number of allylic oxidation sites excluding steroid dienone is 4. The molecule has 0 atom stereocenters. The molecular formula is C44H31N3. The summed E-state index contributed by atoms with van der Waals surface area (Å²) in [6.07, 6.45) is 8.85. The number of nitrogens with zero attached hydrogens (tertiary/aromatic N) is 3. The molecule has 222 valence electrons. The maximum absolute atomic E-state index is 2.59. The van der Waals surface area contributed by atoms with E-state index in [4.69, 9.17) is 0 Å². The van der Waals surface area contributed by atoms with Crippen LogP contribution < -0.4 is 0 Å². The number of fused-ring (bicyclic) bond motifs is 9. The number of aromatic nitrogens is 3. The van der Waals surface area contributed by atoms with Crippen molar-refractivity contribution in [2.45, 2.75) is 12.8 Å². The summed E-state index contributed by atoms with van der Waals surface area (Å²) >= 11 is 0. The van der Waals surface area contributed by atoms with Crippen molar-refractivity contribution in [3.63, 3.8) is 0 Å². The molecule has 0 saturated heterocycles. The molecule has 1 aliphatic rings. The van der Waals surface area contributed by atoms with Crippen molar-refractivity contribution in [2.75, 3.05) is 0 Å². The number of benzene rings is 6. The summed E-state index contributed by atoms with van der Waals surface area (Å²) < 4.78 is 7.52. The van der Waals surface area contributed by atoms with Gasteiger partial charge in [-0.05, 0) is 78.6 Å². The monoisotopic (exact) mass is 601 g/mol. The Bertz CT molecular complexity index is 2710. The van der Waals surface area contributed by atoms with Gasteiger partial charge in [0.1, 0.15) is 0 Å². The fourth-order valence-electron chi connectivity index (χ4n) is 7.92. The minimum absolute atomic E-state index is 0.994. The van der Waals surface area contributed by atoms with Gasteiger partial charge >= 0.3 is 0 Å². The molecule has 3 nitrogen and oxygen atoms in total. The Kier molecular flexibility index (Phi) is 5.70. The van der Waals surface area contributed by atoms with Gasteiger partial charge in [-0.25, -0.2) is 0 Å². The molecule has 0 fully saturated rings. The van der Waals surface area contributed by atoms with Crippen molar-refractivity contribution in [1.82, 2.24) is 13.7 Å². The molecule has 3 heterocycles. The second-order valence-corrected chi connectivity index (χ2v) is 12.5. The standard InChI is InChI=1S/C44H31N3/c1-4-15-30(16-5-1)31-17-14-22-34(29-31)45-38-25-12-10-23-35(38)41-40(45)28-27-37-42(41)47(33-20-8-3-9-21-33)43-36-24-11-13-26-39(36)46(44(37)43)32-18-6-2-7-19-32/h1-8,10-20,22-29H,9,21H2.